The summed E-state index contributed by atoms with van der Waals surface area (Å²) in [5.41, 5.74) is 0.813. The third-order valence-corrected chi connectivity index (χ3v) is 2.75. The van der Waals surface area contributed by atoms with Gasteiger partial charge in [-0.15, -0.1) is 0 Å². The Morgan fingerprint density at radius 1 is 1.53 bits per heavy atom. The van der Waals surface area contributed by atoms with Gasteiger partial charge in [-0.2, -0.15) is 0 Å². The van der Waals surface area contributed by atoms with Crippen molar-refractivity contribution >= 4 is 21.6 Å². The molecule has 0 saturated heterocycles. The Morgan fingerprint density at radius 3 is 2.76 bits per heavy atom. The number of ether oxygens (including phenoxy) is 2. The van der Waals surface area contributed by atoms with E-state index in [-0.39, 0.29) is 17.5 Å². The minimum absolute atomic E-state index is 0.0232. The monoisotopic (exact) mass is 303 g/mol. The molecule has 0 saturated carbocycles. The Hall–Kier alpha value is -1.14. The van der Waals surface area contributed by atoms with Gasteiger partial charge in [-0.05, 0) is 18.6 Å². The number of rotatable bonds is 6. The molecule has 1 rings (SSSR count). The van der Waals surface area contributed by atoms with Crippen molar-refractivity contribution in [1.29, 1.82) is 0 Å². The van der Waals surface area contributed by atoms with E-state index in [0.29, 0.717) is 11.9 Å². The molecule has 5 nitrogen and oxygen atoms in total. The van der Waals surface area contributed by atoms with Crippen molar-refractivity contribution < 1.29 is 14.4 Å². The van der Waals surface area contributed by atoms with E-state index in [1.807, 2.05) is 0 Å². The van der Waals surface area contributed by atoms with Crippen molar-refractivity contribution in [2.45, 2.75) is 18.4 Å². The summed E-state index contributed by atoms with van der Waals surface area (Å²) in [6.07, 6.45) is -0.228. The molecule has 0 fully saturated rings. The number of alkyl halides is 1. The molecule has 0 radical (unpaired) electrons. The van der Waals surface area contributed by atoms with Crippen LogP contribution >= 0.6 is 15.9 Å². The summed E-state index contributed by atoms with van der Waals surface area (Å²) in [7, 11) is 1.56. The highest BCUT2D eigenvalue weighted by Gasteiger charge is 2.17. The lowest BCUT2D eigenvalue weighted by molar-refractivity contribution is -0.386. The number of hydrogen-bond acceptors (Lipinski definition) is 4. The second-order valence-corrected chi connectivity index (χ2v) is 4.14. The second-order valence-electron chi connectivity index (χ2n) is 3.58. The van der Waals surface area contributed by atoms with Gasteiger partial charge in [0.25, 0.3) is 0 Å². The molecule has 0 heterocycles. The molecule has 0 aliphatic carbocycles. The summed E-state index contributed by atoms with van der Waals surface area (Å²) >= 11 is 3.26. The van der Waals surface area contributed by atoms with Crippen LogP contribution in [-0.4, -0.2) is 24.7 Å². The Labute approximate surface area is 108 Å². The van der Waals surface area contributed by atoms with Crippen molar-refractivity contribution in [2.75, 3.05) is 13.7 Å². The minimum Gasteiger partial charge on any atom is -0.481 e. The summed E-state index contributed by atoms with van der Waals surface area (Å²) in [5.74, 6) is 0.268. The lowest BCUT2D eigenvalue weighted by Crippen LogP contribution is -2.18. The number of benzene rings is 1. The van der Waals surface area contributed by atoms with Crippen LogP contribution in [0.2, 0.25) is 0 Å². The highest BCUT2D eigenvalue weighted by molar-refractivity contribution is 9.08. The van der Waals surface area contributed by atoms with Crippen molar-refractivity contribution in [3.05, 3.63) is 33.9 Å². The standard InChI is InChI=1S/C11H14BrNO4/c1-8(7-16-2)17-11-4-3-9(6-12)5-10(11)13(14)15/h3-5,8H,6-7H2,1-2H3. The second kappa shape index (κ2) is 6.56. The van der Waals surface area contributed by atoms with Crippen molar-refractivity contribution in [1.82, 2.24) is 0 Å². The number of nitro benzene ring substituents is 1. The Morgan fingerprint density at radius 2 is 2.24 bits per heavy atom. The molecule has 17 heavy (non-hydrogen) atoms. The van der Waals surface area contributed by atoms with Crippen LogP contribution in [0, 0.1) is 10.1 Å². The first-order valence-electron chi connectivity index (χ1n) is 5.07. The Bertz CT molecular complexity index is 397. The molecule has 1 aromatic rings. The van der Waals surface area contributed by atoms with E-state index >= 15 is 0 Å². The topological polar surface area (TPSA) is 61.6 Å². The van der Waals surface area contributed by atoms with Gasteiger partial charge in [-0.3, -0.25) is 10.1 Å². The first-order chi connectivity index (χ1) is 8.08. The largest absolute Gasteiger partial charge is 0.481 e. The number of nitrogens with zero attached hydrogens (tertiary/aromatic N) is 1. The van der Waals surface area contributed by atoms with Crippen molar-refractivity contribution in [3.63, 3.8) is 0 Å². The lowest BCUT2D eigenvalue weighted by Gasteiger charge is -2.13. The lowest BCUT2D eigenvalue weighted by atomic mass is 10.2. The average molecular weight is 304 g/mol. The van der Waals surface area contributed by atoms with Crippen LogP contribution in [0.15, 0.2) is 18.2 Å². The first-order valence-corrected chi connectivity index (χ1v) is 6.19. The molecule has 0 bridgehead atoms. The molecule has 0 spiro atoms. The molecular formula is C11H14BrNO4. The maximum absolute atomic E-state index is 10.9. The summed E-state index contributed by atoms with van der Waals surface area (Å²) in [6.45, 7) is 2.18. The average Bonchev–Trinajstić information content (AvgIpc) is 2.29. The summed E-state index contributed by atoms with van der Waals surface area (Å²) in [6, 6.07) is 4.90. The SMILES string of the molecule is COCC(C)Oc1ccc(CBr)cc1[N+](=O)[O-]. The molecule has 0 N–H and O–H groups in total. The van der Waals surface area contributed by atoms with Gasteiger partial charge in [0.05, 0.1) is 11.5 Å². The molecule has 0 aromatic heterocycles. The van der Waals surface area contributed by atoms with Crippen LogP contribution in [0.1, 0.15) is 12.5 Å². The minimum atomic E-state index is -0.443. The summed E-state index contributed by atoms with van der Waals surface area (Å²) in [5, 5.41) is 11.5. The number of methoxy groups -OCH3 is 1. The van der Waals surface area contributed by atoms with Crippen LogP contribution in [0.25, 0.3) is 0 Å². The Balaban J connectivity index is 2.94. The maximum atomic E-state index is 10.9. The van der Waals surface area contributed by atoms with E-state index in [2.05, 4.69) is 15.9 Å². The molecule has 94 valence electrons. The molecular weight excluding hydrogens is 290 g/mol. The summed E-state index contributed by atoms with van der Waals surface area (Å²) < 4.78 is 10.4. The van der Waals surface area contributed by atoms with E-state index in [1.165, 1.54) is 6.07 Å². The van der Waals surface area contributed by atoms with Crippen molar-refractivity contribution in [3.8, 4) is 5.75 Å². The van der Waals surface area contributed by atoms with E-state index in [9.17, 15) is 10.1 Å². The fraction of sp³-hybridized carbons (Fsp3) is 0.455. The molecule has 1 aromatic carbocycles. The quantitative estimate of drug-likeness (QED) is 0.460. The van der Waals surface area contributed by atoms with Crippen LogP contribution in [0.3, 0.4) is 0 Å². The molecule has 0 aliphatic heterocycles. The molecule has 1 unspecified atom stereocenters. The smallest absolute Gasteiger partial charge is 0.311 e. The van der Waals surface area contributed by atoms with Gasteiger partial charge in [0.15, 0.2) is 5.75 Å². The molecule has 1 atom stereocenters. The zero-order valence-corrected chi connectivity index (χ0v) is 11.3. The van der Waals surface area contributed by atoms with E-state index in [0.717, 1.165) is 5.56 Å². The van der Waals surface area contributed by atoms with Gasteiger partial charge in [-0.1, -0.05) is 22.0 Å². The summed E-state index contributed by atoms with van der Waals surface area (Å²) in [4.78, 5) is 10.5. The maximum Gasteiger partial charge on any atom is 0.311 e. The fourth-order valence-corrected chi connectivity index (χ4v) is 1.72. The van der Waals surface area contributed by atoms with Gasteiger partial charge in [0.1, 0.15) is 6.10 Å². The third kappa shape index (κ3) is 3.98. The van der Waals surface area contributed by atoms with E-state index < -0.39 is 4.92 Å². The fourth-order valence-electron chi connectivity index (χ4n) is 1.37. The van der Waals surface area contributed by atoms with Gasteiger partial charge in [0, 0.05) is 18.5 Å². The molecule has 0 amide bonds. The number of hydrogen-bond donors (Lipinski definition) is 0. The zero-order chi connectivity index (χ0) is 12.8. The predicted molar refractivity (Wildman–Crippen MR) is 67.7 cm³/mol. The highest BCUT2D eigenvalue weighted by Crippen LogP contribution is 2.29. The van der Waals surface area contributed by atoms with Crippen LogP contribution in [0.4, 0.5) is 5.69 Å². The van der Waals surface area contributed by atoms with Crippen LogP contribution in [-0.2, 0) is 10.1 Å². The van der Waals surface area contributed by atoms with Crippen LogP contribution < -0.4 is 4.74 Å². The molecule has 0 aliphatic rings. The molecule has 6 heteroatoms. The number of nitro groups is 1. The van der Waals surface area contributed by atoms with E-state index in [4.69, 9.17) is 9.47 Å². The van der Waals surface area contributed by atoms with Gasteiger partial charge in [0.2, 0.25) is 0 Å². The highest BCUT2D eigenvalue weighted by atomic mass is 79.9. The third-order valence-electron chi connectivity index (χ3n) is 2.10. The van der Waals surface area contributed by atoms with Gasteiger partial charge >= 0.3 is 5.69 Å². The van der Waals surface area contributed by atoms with Crippen molar-refractivity contribution in [2.24, 2.45) is 0 Å². The van der Waals surface area contributed by atoms with E-state index in [1.54, 1.807) is 26.2 Å². The zero-order valence-electron chi connectivity index (χ0n) is 9.68. The number of halogens is 1. The van der Waals surface area contributed by atoms with Crippen LogP contribution in [0.5, 0.6) is 5.75 Å². The normalized spacial score (nSPS) is 12.2. The Kier molecular flexibility index (Phi) is 5.37. The predicted octanol–water partition coefficient (Wildman–Crippen LogP) is 2.90. The first kappa shape index (κ1) is 13.9. The van der Waals surface area contributed by atoms with Gasteiger partial charge in [-0.25, -0.2) is 0 Å². The van der Waals surface area contributed by atoms with Gasteiger partial charge < -0.3 is 9.47 Å².